The van der Waals surface area contributed by atoms with E-state index in [9.17, 15) is 9.90 Å². The molecule has 0 aliphatic rings. The van der Waals surface area contributed by atoms with E-state index in [0.29, 0.717) is 12.4 Å². The molecule has 0 saturated heterocycles. The summed E-state index contributed by atoms with van der Waals surface area (Å²) in [5.74, 6) is -0.554. The van der Waals surface area contributed by atoms with Crippen molar-refractivity contribution in [2.45, 2.75) is 71.1 Å². The van der Waals surface area contributed by atoms with Crippen LogP contribution in [0.2, 0.25) is 0 Å². The largest absolute Gasteiger partial charge is 0.545 e. The summed E-state index contributed by atoms with van der Waals surface area (Å²) in [5, 5.41) is 10.7. The lowest BCUT2D eigenvalue weighted by atomic mass is 10.1. The van der Waals surface area contributed by atoms with Gasteiger partial charge in [-0.15, -0.1) is 0 Å². The van der Waals surface area contributed by atoms with Gasteiger partial charge in [0.05, 0.1) is 12.6 Å². The lowest BCUT2D eigenvalue weighted by Gasteiger charge is -2.08. The molecule has 0 N–H and O–H groups in total. The molecule has 0 aromatic heterocycles. The van der Waals surface area contributed by atoms with Gasteiger partial charge in [0, 0.05) is 5.56 Å². The Balaban J connectivity index is 1.97. The Labute approximate surface area is 134 Å². The summed E-state index contributed by atoms with van der Waals surface area (Å²) in [5.41, 5.74) is 0.167. The van der Waals surface area contributed by atoms with E-state index < -0.39 is 5.97 Å². The van der Waals surface area contributed by atoms with Crippen LogP contribution in [0.25, 0.3) is 0 Å². The SMILES string of the molecule is CCCCCCCCCCCCOc1cccc(C(=O)[O-])c1. The second kappa shape index (κ2) is 12.1. The fourth-order valence-corrected chi connectivity index (χ4v) is 2.49. The van der Waals surface area contributed by atoms with Crippen molar-refractivity contribution in [3.63, 3.8) is 0 Å². The molecule has 0 radical (unpaired) electrons. The summed E-state index contributed by atoms with van der Waals surface area (Å²) in [7, 11) is 0. The van der Waals surface area contributed by atoms with Crippen LogP contribution in [0.15, 0.2) is 24.3 Å². The van der Waals surface area contributed by atoms with E-state index in [1.54, 1.807) is 12.1 Å². The standard InChI is InChI=1S/C19H30O3/c1-2-3-4-5-6-7-8-9-10-11-15-22-18-14-12-13-17(16-18)19(20)21/h12-14,16H,2-11,15H2,1H3,(H,20,21)/p-1. The number of benzene rings is 1. The van der Waals surface area contributed by atoms with Crippen molar-refractivity contribution in [3.05, 3.63) is 29.8 Å². The number of carboxylic acid groups (broad SMARTS) is 1. The van der Waals surface area contributed by atoms with E-state index in [4.69, 9.17) is 4.74 Å². The second-order valence-corrected chi connectivity index (χ2v) is 5.85. The molecular formula is C19H29O3-. The van der Waals surface area contributed by atoms with Crippen molar-refractivity contribution in [3.8, 4) is 5.75 Å². The smallest absolute Gasteiger partial charge is 0.119 e. The molecule has 22 heavy (non-hydrogen) atoms. The predicted molar refractivity (Wildman–Crippen MR) is 88.1 cm³/mol. The predicted octanol–water partition coefficient (Wildman–Crippen LogP) is 4.35. The number of hydrogen-bond donors (Lipinski definition) is 0. The second-order valence-electron chi connectivity index (χ2n) is 5.85. The lowest BCUT2D eigenvalue weighted by Crippen LogP contribution is -2.22. The first-order valence-corrected chi connectivity index (χ1v) is 8.68. The first kappa shape index (κ1) is 18.5. The average molecular weight is 305 g/mol. The molecule has 124 valence electrons. The summed E-state index contributed by atoms with van der Waals surface area (Å²) >= 11 is 0. The molecular weight excluding hydrogens is 276 g/mol. The molecule has 3 heteroatoms. The van der Waals surface area contributed by atoms with Crippen molar-refractivity contribution in [1.29, 1.82) is 0 Å². The Kier molecular flexibility index (Phi) is 10.2. The molecule has 0 bridgehead atoms. The van der Waals surface area contributed by atoms with Crippen LogP contribution >= 0.6 is 0 Å². The number of carboxylic acids is 1. The summed E-state index contributed by atoms with van der Waals surface area (Å²) in [4.78, 5) is 10.7. The van der Waals surface area contributed by atoms with Gasteiger partial charge in [0.2, 0.25) is 0 Å². The first-order chi connectivity index (χ1) is 10.7. The van der Waals surface area contributed by atoms with E-state index >= 15 is 0 Å². The minimum atomic E-state index is -1.16. The third-order valence-corrected chi connectivity index (χ3v) is 3.84. The zero-order chi connectivity index (χ0) is 16.0. The van der Waals surface area contributed by atoms with Gasteiger partial charge >= 0.3 is 0 Å². The molecule has 0 saturated carbocycles. The van der Waals surface area contributed by atoms with Gasteiger partial charge in [-0.25, -0.2) is 0 Å². The van der Waals surface area contributed by atoms with Gasteiger partial charge in [-0.2, -0.15) is 0 Å². The molecule has 1 rings (SSSR count). The van der Waals surface area contributed by atoms with Gasteiger partial charge in [0.15, 0.2) is 0 Å². The van der Waals surface area contributed by atoms with Crippen molar-refractivity contribution < 1.29 is 14.6 Å². The third kappa shape index (κ3) is 8.71. The van der Waals surface area contributed by atoms with Crippen LogP contribution in [0.5, 0.6) is 5.75 Å². The summed E-state index contributed by atoms with van der Waals surface area (Å²) in [6, 6.07) is 6.50. The highest BCUT2D eigenvalue weighted by molar-refractivity contribution is 5.86. The third-order valence-electron chi connectivity index (χ3n) is 3.84. The number of ether oxygens (including phenoxy) is 1. The van der Waals surface area contributed by atoms with Crippen LogP contribution < -0.4 is 9.84 Å². The number of unbranched alkanes of at least 4 members (excludes halogenated alkanes) is 9. The van der Waals surface area contributed by atoms with Gasteiger partial charge < -0.3 is 14.6 Å². The van der Waals surface area contributed by atoms with E-state index in [1.807, 2.05) is 0 Å². The minimum Gasteiger partial charge on any atom is -0.545 e. The molecule has 0 atom stereocenters. The Hall–Kier alpha value is -1.51. The number of hydrogen-bond acceptors (Lipinski definition) is 3. The quantitative estimate of drug-likeness (QED) is 0.509. The molecule has 0 heterocycles. The van der Waals surface area contributed by atoms with Gasteiger partial charge in [-0.3, -0.25) is 0 Å². The molecule has 0 fully saturated rings. The fourth-order valence-electron chi connectivity index (χ4n) is 2.49. The fraction of sp³-hybridized carbons (Fsp3) is 0.632. The van der Waals surface area contributed by atoms with Crippen LogP contribution in [0.4, 0.5) is 0 Å². The molecule has 0 unspecified atom stereocenters. The Bertz CT molecular complexity index is 415. The first-order valence-electron chi connectivity index (χ1n) is 8.68. The van der Waals surface area contributed by atoms with E-state index in [0.717, 1.165) is 6.42 Å². The Morgan fingerprint density at radius 3 is 2.14 bits per heavy atom. The van der Waals surface area contributed by atoms with E-state index in [2.05, 4.69) is 6.92 Å². The van der Waals surface area contributed by atoms with Crippen LogP contribution in [-0.4, -0.2) is 12.6 Å². The van der Waals surface area contributed by atoms with Crippen LogP contribution in [0, 0.1) is 0 Å². The van der Waals surface area contributed by atoms with E-state index in [1.165, 1.54) is 69.9 Å². The highest BCUT2D eigenvalue weighted by Crippen LogP contribution is 2.14. The van der Waals surface area contributed by atoms with Gasteiger partial charge in [-0.1, -0.05) is 76.8 Å². The Morgan fingerprint density at radius 1 is 0.955 bits per heavy atom. The molecule has 1 aromatic carbocycles. The Morgan fingerprint density at radius 2 is 1.55 bits per heavy atom. The monoisotopic (exact) mass is 305 g/mol. The number of aromatic carboxylic acids is 1. The minimum absolute atomic E-state index is 0.167. The normalized spacial score (nSPS) is 10.6. The highest BCUT2D eigenvalue weighted by Gasteiger charge is 1.98. The average Bonchev–Trinajstić information content (AvgIpc) is 2.53. The van der Waals surface area contributed by atoms with E-state index in [-0.39, 0.29) is 5.56 Å². The molecule has 3 nitrogen and oxygen atoms in total. The maximum Gasteiger partial charge on any atom is 0.119 e. The van der Waals surface area contributed by atoms with Crippen molar-refractivity contribution >= 4 is 5.97 Å². The van der Waals surface area contributed by atoms with Crippen molar-refractivity contribution in [1.82, 2.24) is 0 Å². The molecule has 0 spiro atoms. The summed E-state index contributed by atoms with van der Waals surface area (Å²) < 4.78 is 5.58. The maximum absolute atomic E-state index is 10.7. The maximum atomic E-state index is 10.7. The summed E-state index contributed by atoms with van der Waals surface area (Å²) in [6.07, 6.45) is 12.9. The van der Waals surface area contributed by atoms with Crippen molar-refractivity contribution in [2.75, 3.05) is 6.61 Å². The van der Waals surface area contributed by atoms with Crippen LogP contribution in [-0.2, 0) is 0 Å². The van der Waals surface area contributed by atoms with Gasteiger partial charge in [-0.05, 0) is 18.6 Å². The summed E-state index contributed by atoms with van der Waals surface area (Å²) in [6.45, 7) is 2.89. The van der Waals surface area contributed by atoms with Crippen molar-refractivity contribution in [2.24, 2.45) is 0 Å². The molecule has 1 aromatic rings. The number of carbonyl (C=O) groups excluding carboxylic acids is 1. The molecule has 0 aliphatic heterocycles. The van der Waals surface area contributed by atoms with Crippen LogP contribution in [0.3, 0.4) is 0 Å². The zero-order valence-electron chi connectivity index (χ0n) is 13.8. The highest BCUT2D eigenvalue weighted by atomic mass is 16.5. The van der Waals surface area contributed by atoms with Gasteiger partial charge in [0.1, 0.15) is 5.75 Å². The number of carbonyl (C=O) groups is 1. The topological polar surface area (TPSA) is 49.4 Å². The lowest BCUT2D eigenvalue weighted by molar-refractivity contribution is -0.255. The zero-order valence-corrected chi connectivity index (χ0v) is 13.8. The molecule has 0 amide bonds. The molecule has 0 aliphatic carbocycles. The van der Waals surface area contributed by atoms with Crippen LogP contribution in [0.1, 0.15) is 81.5 Å². The van der Waals surface area contributed by atoms with Gasteiger partial charge in [0.25, 0.3) is 0 Å². The number of rotatable bonds is 13.